The summed E-state index contributed by atoms with van der Waals surface area (Å²) in [5, 5.41) is 0. The van der Waals surface area contributed by atoms with Crippen LogP contribution in [0.25, 0.3) is 0 Å². The van der Waals surface area contributed by atoms with E-state index in [0.717, 1.165) is 24.0 Å². The topological polar surface area (TPSA) is 26.0 Å². The molecule has 1 aliphatic rings. The van der Waals surface area contributed by atoms with E-state index in [4.69, 9.17) is 5.73 Å². The lowest BCUT2D eigenvalue weighted by molar-refractivity contribution is 0.542. The Balaban J connectivity index is 2.47. The fourth-order valence-corrected chi connectivity index (χ4v) is 2.25. The molecule has 0 spiro atoms. The summed E-state index contributed by atoms with van der Waals surface area (Å²) >= 11 is 0. The van der Waals surface area contributed by atoms with E-state index >= 15 is 0 Å². The fourth-order valence-electron chi connectivity index (χ4n) is 2.25. The Hall–Kier alpha value is -0.890. The predicted octanol–water partition coefficient (Wildman–Crippen LogP) is 2.51. The van der Waals surface area contributed by atoms with E-state index in [0.29, 0.717) is 0 Å². The number of halogens is 1. The summed E-state index contributed by atoms with van der Waals surface area (Å²) in [6, 6.07) is 5.41. The van der Waals surface area contributed by atoms with Crippen molar-refractivity contribution in [3.63, 3.8) is 0 Å². The maximum Gasteiger partial charge on any atom is 0.126 e. The zero-order valence-corrected chi connectivity index (χ0v) is 8.68. The lowest BCUT2D eigenvalue weighted by atomic mass is 9.86. The standard InChI is InChI=1S/C12H16FN/c1-8-10(4-3-5-11(8)13)12(6-7-12)9(2)14/h3-5,9H,6-7,14H2,1-2H3. The summed E-state index contributed by atoms with van der Waals surface area (Å²) in [5.74, 6) is -0.116. The largest absolute Gasteiger partial charge is 0.327 e. The molecule has 1 nitrogen and oxygen atoms in total. The van der Waals surface area contributed by atoms with Crippen LogP contribution < -0.4 is 5.73 Å². The van der Waals surface area contributed by atoms with Gasteiger partial charge < -0.3 is 5.73 Å². The molecular formula is C12H16FN. The van der Waals surface area contributed by atoms with Crippen LogP contribution in [-0.2, 0) is 5.41 Å². The molecule has 0 saturated heterocycles. The van der Waals surface area contributed by atoms with Crippen LogP contribution in [0.3, 0.4) is 0 Å². The quantitative estimate of drug-likeness (QED) is 0.767. The van der Waals surface area contributed by atoms with Gasteiger partial charge in [-0.2, -0.15) is 0 Å². The monoisotopic (exact) mass is 193 g/mol. The van der Waals surface area contributed by atoms with E-state index in [9.17, 15) is 4.39 Å². The van der Waals surface area contributed by atoms with Crippen LogP contribution in [-0.4, -0.2) is 6.04 Å². The second-order valence-electron chi connectivity index (χ2n) is 4.36. The van der Waals surface area contributed by atoms with Crippen molar-refractivity contribution in [3.05, 3.63) is 35.1 Å². The van der Waals surface area contributed by atoms with E-state index in [2.05, 4.69) is 0 Å². The van der Waals surface area contributed by atoms with Crippen molar-refractivity contribution in [2.75, 3.05) is 0 Å². The molecule has 0 bridgehead atoms. The number of rotatable bonds is 2. The molecule has 0 aromatic heterocycles. The summed E-state index contributed by atoms with van der Waals surface area (Å²) < 4.78 is 13.4. The number of hydrogen-bond donors (Lipinski definition) is 1. The Morgan fingerprint density at radius 1 is 1.43 bits per heavy atom. The molecular weight excluding hydrogens is 177 g/mol. The Bertz CT molecular complexity index is 353. The van der Waals surface area contributed by atoms with Crippen molar-refractivity contribution < 1.29 is 4.39 Å². The zero-order chi connectivity index (χ0) is 10.3. The number of benzene rings is 1. The third-order valence-electron chi connectivity index (χ3n) is 3.46. The molecule has 1 aromatic rings. The van der Waals surface area contributed by atoms with Gasteiger partial charge in [-0.15, -0.1) is 0 Å². The molecule has 1 atom stereocenters. The zero-order valence-electron chi connectivity index (χ0n) is 8.68. The molecule has 76 valence electrons. The second kappa shape index (κ2) is 3.06. The van der Waals surface area contributed by atoms with Crippen LogP contribution in [0.1, 0.15) is 30.9 Å². The van der Waals surface area contributed by atoms with E-state index in [-0.39, 0.29) is 17.3 Å². The van der Waals surface area contributed by atoms with Gasteiger partial charge in [-0.25, -0.2) is 4.39 Å². The average molecular weight is 193 g/mol. The SMILES string of the molecule is Cc1c(F)cccc1C1(C(C)N)CC1. The molecule has 1 unspecified atom stereocenters. The normalized spacial score (nSPS) is 20.6. The van der Waals surface area contributed by atoms with E-state index < -0.39 is 0 Å². The molecule has 1 aromatic carbocycles. The summed E-state index contributed by atoms with van der Waals surface area (Å²) in [6.45, 7) is 3.85. The van der Waals surface area contributed by atoms with Crippen molar-refractivity contribution in [2.45, 2.75) is 38.1 Å². The first-order chi connectivity index (χ1) is 6.58. The number of hydrogen-bond acceptors (Lipinski definition) is 1. The van der Waals surface area contributed by atoms with Gasteiger partial charge in [-0.1, -0.05) is 12.1 Å². The summed E-state index contributed by atoms with van der Waals surface area (Å²) in [7, 11) is 0. The molecule has 2 heteroatoms. The van der Waals surface area contributed by atoms with Gasteiger partial charge in [0.2, 0.25) is 0 Å². The van der Waals surface area contributed by atoms with Gasteiger partial charge >= 0.3 is 0 Å². The maximum absolute atomic E-state index is 13.4. The first-order valence-corrected chi connectivity index (χ1v) is 5.09. The van der Waals surface area contributed by atoms with Gasteiger partial charge in [0.15, 0.2) is 0 Å². The minimum Gasteiger partial charge on any atom is -0.327 e. The van der Waals surface area contributed by atoms with Crippen molar-refractivity contribution in [2.24, 2.45) is 5.73 Å². The van der Waals surface area contributed by atoms with Crippen molar-refractivity contribution in [3.8, 4) is 0 Å². The summed E-state index contributed by atoms with van der Waals surface area (Å²) in [4.78, 5) is 0. The summed E-state index contributed by atoms with van der Waals surface area (Å²) in [5.41, 5.74) is 7.89. The maximum atomic E-state index is 13.4. The van der Waals surface area contributed by atoms with E-state index in [1.165, 1.54) is 6.07 Å². The van der Waals surface area contributed by atoms with Gasteiger partial charge in [-0.05, 0) is 43.9 Å². The van der Waals surface area contributed by atoms with E-state index in [1.54, 1.807) is 6.07 Å². The minimum atomic E-state index is -0.116. The molecule has 0 radical (unpaired) electrons. The van der Waals surface area contributed by atoms with Gasteiger partial charge in [-0.3, -0.25) is 0 Å². The first-order valence-electron chi connectivity index (χ1n) is 5.09. The van der Waals surface area contributed by atoms with Gasteiger partial charge in [0.05, 0.1) is 0 Å². The highest BCUT2D eigenvalue weighted by Crippen LogP contribution is 2.51. The lowest BCUT2D eigenvalue weighted by Crippen LogP contribution is -2.32. The van der Waals surface area contributed by atoms with Crippen LogP contribution in [0.5, 0.6) is 0 Å². The Kier molecular flexibility index (Phi) is 2.11. The van der Waals surface area contributed by atoms with Gasteiger partial charge in [0.25, 0.3) is 0 Å². The van der Waals surface area contributed by atoms with Crippen LogP contribution in [0.4, 0.5) is 4.39 Å². The highest BCUT2D eigenvalue weighted by atomic mass is 19.1. The van der Waals surface area contributed by atoms with Crippen LogP contribution in [0, 0.1) is 12.7 Å². The van der Waals surface area contributed by atoms with Crippen LogP contribution in [0.15, 0.2) is 18.2 Å². The van der Waals surface area contributed by atoms with Crippen molar-refractivity contribution in [1.82, 2.24) is 0 Å². The second-order valence-corrected chi connectivity index (χ2v) is 4.36. The third kappa shape index (κ3) is 1.25. The van der Waals surface area contributed by atoms with Crippen LogP contribution >= 0.6 is 0 Å². The van der Waals surface area contributed by atoms with Crippen molar-refractivity contribution >= 4 is 0 Å². The Labute approximate surface area is 84.1 Å². The van der Waals surface area contributed by atoms with Gasteiger partial charge in [0, 0.05) is 11.5 Å². The number of nitrogens with two attached hydrogens (primary N) is 1. The average Bonchev–Trinajstić information content (AvgIpc) is 2.90. The summed E-state index contributed by atoms with van der Waals surface area (Å²) in [6.07, 6.45) is 2.18. The minimum absolute atomic E-state index is 0.0617. The third-order valence-corrected chi connectivity index (χ3v) is 3.46. The smallest absolute Gasteiger partial charge is 0.126 e. The Morgan fingerprint density at radius 2 is 2.07 bits per heavy atom. The predicted molar refractivity (Wildman–Crippen MR) is 55.7 cm³/mol. The Morgan fingerprint density at radius 3 is 2.57 bits per heavy atom. The molecule has 1 aliphatic carbocycles. The molecule has 2 N–H and O–H groups in total. The highest BCUT2D eigenvalue weighted by molar-refractivity contribution is 5.40. The first kappa shape index (κ1) is 9.66. The fraction of sp³-hybridized carbons (Fsp3) is 0.500. The molecule has 0 aliphatic heterocycles. The molecule has 0 heterocycles. The van der Waals surface area contributed by atoms with Gasteiger partial charge in [0.1, 0.15) is 5.82 Å². The highest BCUT2D eigenvalue weighted by Gasteiger charge is 2.48. The molecule has 2 rings (SSSR count). The van der Waals surface area contributed by atoms with E-state index in [1.807, 2.05) is 19.9 Å². The molecule has 0 amide bonds. The van der Waals surface area contributed by atoms with Crippen molar-refractivity contribution in [1.29, 1.82) is 0 Å². The van der Waals surface area contributed by atoms with Crippen LogP contribution in [0.2, 0.25) is 0 Å². The molecule has 1 fully saturated rings. The molecule has 14 heavy (non-hydrogen) atoms. The lowest BCUT2D eigenvalue weighted by Gasteiger charge is -2.22. The molecule has 1 saturated carbocycles.